The fourth-order valence-corrected chi connectivity index (χ4v) is 1.93. The van der Waals surface area contributed by atoms with Crippen molar-refractivity contribution in [2.45, 2.75) is 4.90 Å². The number of nitrogens with two attached hydrogens (primary N) is 1. The van der Waals surface area contributed by atoms with Gasteiger partial charge in [-0.1, -0.05) is 0 Å². The third kappa shape index (κ3) is 2.70. The lowest BCUT2D eigenvalue weighted by molar-refractivity contribution is 0.483. The average molecular weight is 267 g/mol. The van der Waals surface area contributed by atoms with Gasteiger partial charge in [0.05, 0.1) is 11.9 Å². The van der Waals surface area contributed by atoms with Gasteiger partial charge >= 0.3 is 0 Å². The van der Waals surface area contributed by atoms with E-state index in [0.29, 0.717) is 11.5 Å². The number of benzene rings is 1. The molecule has 0 aliphatic rings. The zero-order valence-electron chi connectivity index (χ0n) is 8.98. The van der Waals surface area contributed by atoms with Gasteiger partial charge in [-0.2, -0.15) is 8.42 Å². The van der Waals surface area contributed by atoms with Gasteiger partial charge in [0.15, 0.2) is 5.82 Å². The van der Waals surface area contributed by atoms with Gasteiger partial charge in [-0.25, -0.2) is 0 Å². The van der Waals surface area contributed by atoms with Crippen LogP contribution in [-0.2, 0) is 10.1 Å². The molecule has 8 nitrogen and oxygen atoms in total. The van der Waals surface area contributed by atoms with Crippen molar-refractivity contribution in [2.24, 2.45) is 0 Å². The molecule has 1 heterocycles. The first-order valence-electron chi connectivity index (χ1n) is 4.75. The summed E-state index contributed by atoms with van der Waals surface area (Å²) in [6.45, 7) is 0. The number of hydrogen-bond donors (Lipinski definition) is 3. The largest absolute Gasteiger partial charge is 0.398 e. The Bertz CT molecular complexity index is 659. The lowest BCUT2D eigenvalue weighted by atomic mass is 10.3. The minimum atomic E-state index is -4.36. The van der Waals surface area contributed by atoms with E-state index in [1.165, 1.54) is 18.3 Å². The molecule has 0 aliphatic carbocycles. The normalized spacial score (nSPS) is 11.2. The minimum Gasteiger partial charge on any atom is -0.398 e. The predicted molar refractivity (Wildman–Crippen MR) is 63.8 cm³/mol. The van der Waals surface area contributed by atoms with Crippen LogP contribution in [0.25, 0.3) is 0 Å². The molecular formula is C9H9N5O3S. The summed E-state index contributed by atoms with van der Waals surface area (Å²) in [6, 6.07) is 5.66. The summed E-state index contributed by atoms with van der Waals surface area (Å²) in [4.78, 5) is -0.366. The number of anilines is 3. The number of hydrogen-bond acceptors (Lipinski definition) is 7. The second-order valence-electron chi connectivity index (χ2n) is 3.36. The van der Waals surface area contributed by atoms with Crippen LogP contribution in [0.5, 0.6) is 0 Å². The van der Waals surface area contributed by atoms with Crippen LogP contribution in [-0.4, -0.2) is 28.4 Å². The number of nitrogens with one attached hydrogen (secondary N) is 1. The van der Waals surface area contributed by atoms with E-state index in [4.69, 9.17) is 10.3 Å². The molecule has 18 heavy (non-hydrogen) atoms. The van der Waals surface area contributed by atoms with E-state index < -0.39 is 10.1 Å². The highest BCUT2D eigenvalue weighted by Gasteiger charge is 2.14. The highest BCUT2D eigenvalue weighted by Crippen LogP contribution is 2.23. The molecule has 2 aromatic rings. The van der Waals surface area contributed by atoms with Crippen LogP contribution in [0.2, 0.25) is 0 Å². The van der Waals surface area contributed by atoms with Gasteiger partial charge in [-0.15, -0.1) is 10.2 Å². The summed E-state index contributed by atoms with van der Waals surface area (Å²) >= 11 is 0. The molecular weight excluding hydrogens is 258 g/mol. The second kappa shape index (κ2) is 4.55. The zero-order chi connectivity index (χ0) is 13.2. The molecule has 94 valence electrons. The van der Waals surface area contributed by atoms with Gasteiger partial charge in [-0.05, 0) is 23.4 Å². The van der Waals surface area contributed by atoms with Crippen LogP contribution < -0.4 is 11.1 Å². The summed E-state index contributed by atoms with van der Waals surface area (Å²) in [7, 11) is -4.36. The van der Waals surface area contributed by atoms with Crippen molar-refractivity contribution in [1.29, 1.82) is 0 Å². The quantitative estimate of drug-likeness (QED) is 0.539. The first-order chi connectivity index (χ1) is 8.47. The second-order valence-corrected chi connectivity index (χ2v) is 4.75. The van der Waals surface area contributed by atoms with Crippen LogP contribution in [0.4, 0.5) is 17.2 Å². The molecule has 0 amide bonds. The van der Waals surface area contributed by atoms with E-state index in [1.54, 1.807) is 12.1 Å². The summed E-state index contributed by atoms with van der Waals surface area (Å²) in [6.07, 6.45) is 1.43. The monoisotopic (exact) mass is 267 g/mol. The Hall–Kier alpha value is -2.26. The number of nitrogen functional groups attached to an aromatic ring is 1. The molecule has 1 aromatic heterocycles. The molecule has 0 unspecified atom stereocenters. The number of rotatable bonds is 3. The molecule has 0 saturated heterocycles. The lowest BCUT2D eigenvalue weighted by Crippen LogP contribution is -2.04. The van der Waals surface area contributed by atoms with Crippen LogP contribution >= 0.6 is 0 Å². The first kappa shape index (κ1) is 12.2. The van der Waals surface area contributed by atoms with E-state index in [9.17, 15) is 8.42 Å². The van der Waals surface area contributed by atoms with Gasteiger partial charge in [0.1, 0.15) is 4.90 Å². The van der Waals surface area contributed by atoms with Gasteiger partial charge in [0.2, 0.25) is 0 Å². The smallest absolute Gasteiger partial charge is 0.296 e. The highest BCUT2D eigenvalue weighted by molar-refractivity contribution is 7.86. The molecule has 0 spiro atoms. The first-order valence-corrected chi connectivity index (χ1v) is 6.19. The highest BCUT2D eigenvalue weighted by atomic mass is 32.2. The summed E-state index contributed by atoms with van der Waals surface area (Å²) in [5, 5.41) is 13.4. The Morgan fingerprint density at radius 1 is 1.28 bits per heavy atom. The maximum absolute atomic E-state index is 11.1. The van der Waals surface area contributed by atoms with Gasteiger partial charge in [0.25, 0.3) is 10.1 Å². The van der Waals surface area contributed by atoms with E-state index in [0.717, 1.165) is 0 Å². The third-order valence-corrected chi connectivity index (χ3v) is 2.98. The van der Waals surface area contributed by atoms with Crippen molar-refractivity contribution in [3.05, 3.63) is 30.5 Å². The fourth-order valence-electron chi connectivity index (χ4n) is 1.29. The van der Waals surface area contributed by atoms with E-state index in [2.05, 4.69) is 20.7 Å². The van der Waals surface area contributed by atoms with Gasteiger partial charge in [0, 0.05) is 11.8 Å². The predicted octanol–water partition coefficient (Wildman–Crippen LogP) is 0.444. The molecule has 4 N–H and O–H groups in total. The van der Waals surface area contributed by atoms with Crippen molar-refractivity contribution < 1.29 is 13.0 Å². The van der Waals surface area contributed by atoms with Crippen LogP contribution in [0.3, 0.4) is 0 Å². The van der Waals surface area contributed by atoms with Crippen LogP contribution in [0.15, 0.2) is 35.4 Å². The molecule has 0 radical (unpaired) electrons. The van der Waals surface area contributed by atoms with Crippen molar-refractivity contribution in [3.63, 3.8) is 0 Å². The van der Waals surface area contributed by atoms with E-state index in [1.807, 2.05) is 0 Å². The van der Waals surface area contributed by atoms with Crippen LogP contribution in [0, 0.1) is 0 Å². The summed E-state index contributed by atoms with van der Waals surface area (Å²) in [5.41, 5.74) is 5.83. The summed E-state index contributed by atoms with van der Waals surface area (Å²) in [5.74, 6) is 0.385. The van der Waals surface area contributed by atoms with Gasteiger partial charge < -0.3 is 11.1 Å². The SMILES string of the molecule is Nc1ccc(Nc2ccnnn2)cc1S(=O)(=O)O. The molecule has 1 aromatic carbocycles. The van der Waals surface area contributed by atoms with Crippen molar-refractivity contribution >= 4 is 27.3 Å². The van der Waals surface area contributed by atoms with Crippen molar-refractivity contribution in [1.82, 2.24) is 15.4 Å². The Morgan fingerprint density at radius 2 is 2.06 bits per heavy atom. The lowest BCUT2D eigenvalue weighted by Gasteiger charge is -2.07. The number of nitrogens with zero attached hydrogens (tertiary/aromatic N) is 3. The Labute approximate surface area is 103 Å². The number of aromatic nitrogens is 3. The Balaban J connectivity index is 2.37. The third-order valence-electron chi connectivity index (χ3n) is 2.07. The Kier molecular flexibility index (Phi) is 3.08. The molecule has 0 bridgehead atoms. The Morgan fingerprint density at radius 3 is 2.67 bits per heavy atom. The minimum absolute atomic E-state index is 0.0381. The standard InChI is InChI=1S/C9H9N5O3S/c10-7-2-1-6(5-8(7)18(15,16)17)12-9-3-4-11-14-13-9/h1-5H,10H2,(H,11,12,13)(H,15,16,17). The van der Waals surface area contributed by atoms with Crippen LogP contribution in [0.1, 0.15) is 0 Å². The topological polar surface area (TPSA) is 131 Å². The molecule has 0 saturated carbocycles. The molecule has 9 heteroatoms. The molecule has 0 fully saturated rings. The zero-order valence-corrected chi connectivity index (χ0v) is 9.79. The average Bonchev–Trinajstić information content (AvgIpc) is 2.31. The molecule has 0 atom stereocenters. The summed E-state index contributed by atoms with van der Waals surface area (Å²) < 4.78 is 31.1. The van der Waals surface area contributed by atoms with E-state index >= 15 is 0 Å². The van der Waals surface area contributed by atoms with Gasteiger partial charge in [-0.3, -0.25) is 4.55 Å². The maximum Gasteiger partial charge on any atom is 0.296 e. The fraction of sp³-hybridized carbons (Fsp3) is 0. The van der Waals surface area contributed by atoms with Crippen molar-refractivity contribution in [3.8, 4) is 0 Å². The molecule has 0 aliphatic heterocycles. The molecule has 2 rings (SSSR count). The van der Waals surface area contributed by atoms with Crippen molar-refractivity contribution in [2.75, 3.05) is 11.1 Å². The maximum atomic E-state index is 11.1. The van der Waals surface area contributed by atoms with E-state index in [-0.39, 0.29) is 10.6 Å².